The summed E-state index contributed by atoms with van der Waals surface area (Å²) in [6.07, 6.45) is 5.25. The minimum Gasteiger partial charge on any atom is -0.370 e. The molecule has 24 nitrogen and oxygen atoms in total. The van der Waals surface area contributed by atoms with Gasteiger partial charge in [-0.3, -0.25) is 48.3 Å². The van der Waals surface area contributed by atoms with E-state index in [1.165, 1.54) is 21.8 Å². The monoisotopic (exact) mass is 1010 g/mol. The van der Waals surface area contributed by atoms with Crippen LogP contribution in [0.4, 0.5) is 11.4 Å². The fraction of sp³-hybridized carbons (Fsp3) is 0.320. The largest absolute Gasteiger partial charge is 0.370 e. The van der Waals surface area contributed by atoms with E-state index in [1.807, 2.05) is 84.9 Å². The van der Waals surface area contributed by atoms with Gasteiger partial charge in [-0.1, -0.05) is 84.9 Å². The van der Waals surface area contributed by atoms with Crippen LogP contribution in [0.1, 0.15) is 70.6 Å². The minimum atomic E-state index is -1.30. The Kier molecular flexibility index (Phi) is 19.4. The molecule has 6 rings (SSSR count). The summed E-state index contributed by atoms with van der Waals surface area (Å²) in [5.41, 5.74) is 46.6. The third kappa shape index (κ3) is 15.7. The first-order chi connectivity index (χ1) is 35.6. The summed E-state index contributed by atoms with van der Waals surface area (Å²) in [7, 11) is 0. The molecule has 0 aliphatic carbocycles. The standard InChI is InChI=1S/C50H65N19O5/c51-36(18-7-23-59-48(53)54)44(71)64-39-28-68(26-21-32-14-5-12-30-10-1-3-16-34(30)32)66-41(39)47(74)63-38(20-9-25-61-50(57)58)45(72)65-40-29-69(27-22-33-15-6-13-31-11-2-4-17-35(31)33)67-42(40)46(73)62-37(43(52)70)19-8-24-60-49(55)56/h1-6,10-17,28-29,36-38H,7-9,18-27,51H2,(H2,52,70)(H,62,73)(H,63,74)(H,64,71)(H,65,72)(H4,53,54,59)(H4,55,56,60)(H4,57,58,61)/t36-,37-,38-/m0/s1. The van der Waals surface area contributed by atoms with E-state index in [0.29, 0.717) is 32.2 Å². The molecule has 3 atom stereocenters. The number of primary amides is 1. The van der Waals surface area contributed by atoms with Crippen molar-refractivity contribution in [3.8, 4) is 0 Å². The Hall–Kier alpha value is -9.06. The fourth-order valence-electron chi connectivity index (χ4n) is 8.19. The number of hydrogen-bond acceptors (Lipinski definition) is 11. The van der Waals surface area contributed by atoms with Crippen molar-refractivity contribution in [1.29, 1.82) is 0 Å². The summed E-state index contributed by atoms with van der Waals surface area (Å²) in [5, 5.41) is 24.3. The van der Waals surface area contributed by atoms with Gasteiger partial charge in [-0.05, 0) is 84.0 Å². The van der Waals surface area contributed by atoms with Crippen molar-refractivity contribution in [2.45, 2.75) is 82.6 Å². The Morgan fingerprint density at radius 3 is 1.38 bits per heavy atom. The number of amides is 5. The topological polar surface area (TPSA) is 414 Å². The summed E-state index contributed by atoms with van der Waals surface area (Å²) in [4.78, 5) is 81.1. The molecule has 4 aromatic carbocycles. The molecule has 0 unspecified atom stereocenters. The number of carbonyl (C=O) groups excluding carboxylic acids is 5. The molecule has 74 heavy (non-hydrogen) atoms. The number of nitrogens with two attached hydrogens (primary N) is 8. The molecule has 390 valence electrons. The highest BCUT2D eigenvalue weighted by molar-refractivity contribution is 6.08. The van der Waals surface area contributed by atoms with Gasteiger partial charge in [-0.25, -0.2) is 0 Å². The number of hydrogen-bond donors (Lipinski definition) is 12. The highest BCUT2D eigenvalue weighted by Gasteiger charge is 2.29. The van der Waals surface area contributed by atoms with Gasteiger partial charge in [-0.15, -0.1) is 0 Å². The van der Waals surface area contributed by atoms with Gasteiger partial charge < -0.3 is 67.1 Å². The second kappa shape index (κ2) is 26.4. The van der Waals surface area contributed by atoms with Gasteiger partial charge in [0.15, 0.2) is 29.3 Å². The van der Waals surface area contributed by atoms with Crippen molar-refractivity contribution in [3.05, 3.63) is 120 Å². The third-order valence-corrected chi connectivity index (χ3v) is 11.9. The fourth-order valence-corrected chi connectivity index (χ4v) is 8.19. The maximum Gasteiger partial charge on any atom is 0.274 e. The molecule has 0 radical (unpaired) electrons. The first kappa shape index (κ1) is 54.3. The predicted molar refractivity (Wildman–Crippen MR) is 286 cm³/mol. The molecule has 20 N–H and O–H groups in total. The number of nitrogens with one attached hydrogen (secondary N) is 4. The molecule has 0 fully saturated rings. The third-order valence-electron chi connectivity index (χ3n) is 11.9. The number of rotatable bonds is 27. The van der Waals surface area contributed by atoms with Crippen molar-refractivity contribution in [2.24, 2.45) is 60.8 Å². The average molecular weight is 1010 g/mol. The number of anilines is 2. The first-order valence-electron chi connectivity index (χ1n) is 24.1. The van der Waals surface area contributed by atoms with Gasteiger partial charge >= 0.3 is 0 Å². The van der Waals surface area contributed by atoms with Crippen LogP contribution in [0, 0.1) is 0 Å². The normalized spacial score (nSPS) is 12.2. The number of guanidine groups is 3. The van der Waals surface area contributed by atoms with Crippen LogP contribution in [0.25, 0.3) is 21.5 Å². The van der Waals surface area contributed by atoms with Crippen LogP contribution in [0.2, 0.25) is 0 Å². The van der Waals surface area contributed by atoms with E-state index in [0.717, 1.165) is 32.7 Å². The van der Waals surface area contributed by atoms with E-state index in [1.54, 1.807) is 0 Å². The number of aryl methyl sites for hydroxylation is 4. The van der Waals surface area contributed by atoms with Crippen LogP contribution in [0.5, 0.6) is 0 Å². The number of benzene rings is 4. The summed E-state index contributed by atoms with van der Waals surface area (Å²) < 4.78 is 3.03. The van der Waals surface area contributed by atoms with Crippen molar-refractivity contribution in [3.63, 3.8) is 0 Å². The number of aromatic nitrogens is 4. The van der Waals surface area contributed by atoms with Crippen molar-refractivity contribution in [1.82, 2.24) is 30.2 Å². The molecule has 0 bridgehead atoms. The molecule has 2 heterocycles. The Balaban J connectivity index is 1.29. The predicted octanol–water partition coefficient (Wildman–Crippen LogP) is 0.619. The minimum absolute atomic E-state index is 0.00516. The van der Waals surface area contributed by atoms with E-state index in [9.17, 15) is 24.0 Å². The summed E-state index contributed by atoms with van der Waals surface area (Å²) in [6.45, 7) is 1.11. The van der Waals surface area contributed by atoms with Gasteiger partial charge in [0.05, 0.1) is 17.4 Å². The quantitative estimate of drug-likeness (QED) is 0.0191. The lowest BCUT2D eigenvalue weighted by molar-refractivity contribution is -0.120. The lowest BCUT2D eigenvalue weighted by atomic mass is 10.0. The van der Waals surface area contributed by atoms with Crippen LogP contribution >= 0.6 is 0 Å². The number of nitrogens with zero attached hydrogens (tertiary/aromatic N) is 7. The van der Waals surface area contributed by atoms with Crippen LogP contribution in [0.3, 0.4) is 0 Å². The number of carbonyl (C=O) groups is 5. The van der Waals surface area contributed by atoms with Crippen LogP contribution in [-0.2, 0) is 40.3 Å². The van der Waals surface area contributed by atoms with Crippen molar-refractivity contribution >= 4 is 80.3 Å². The van der Waals surface area contributed by atoms with E-state index in [4.69, 9.17) is 45.9 Å². The molecule has 2 aromatic heterocycles. The molecule has 0 spiro atoms. The zero-order valence-electron chi connectivity index (χ0n) is 41.0. The van der Waals surface area contributed by atoms with Crippen LogP contribution < -0.4 is 67.1 Å². The second-order valence-electron chi connectivity index (χ2n) is 17.5. The maximum absolute atomic E-state index is 14.5. The van der Waals surface area contributed by atoms with Gasteiger partial charge in [0.25, 0.3) is 11.8 Å². The number of fused-ring (bicyclic) bond motifs is 2. The molecular formula is C50H65N19O5. The lowest BCUT2D eigenvalue weighted by Crippen LogP contribution is -2.46. The molecule has 0 saturated heterocycles. The summed E-state index contributed by atoms with van der Waals surface area (Å²) in [6, 6.07) is 24.3. The van der Waals surface area contributed by atoms with Crippen molar-refractivity contribution in [2.75, 3.05) is 30.3 Å². The van der Waals surface area contributed by atoms with Gasteiger partial charge in [0.2, 0.25) is 17.7 Å². The van der Waals surface area contributed by atoms with E-state index in [-0.39, 0.29) is 92.5 Å². The molecule has 0 aliphatic rings. The highest BCUT2D eigenvalue weighted by Crippen LogP contribution is 2.23. The molecule has 5 amide bonds. The zero-order chi connectivity index (χ0) is 53.1. The second-order valence-corrected chi connectivity index (χ2v) is 17.5. The first-order valence-corrected chi connectivity index (χ1v) is 24.1. The Bertz CT molecular complexity index is 3010. The molecule has 0 aliphatic heterocycles. The van der Waals surface area contributed by atoms with Gasteiger partial charge in [0.1, 0.15) is 12.1 Å². The van der Waals surface area contributed by atoms with Crippen molar-refractivity contribution < 1.29 is 24.0 Å². The maximum atomic E-state index is 14.5. The van der Waals surface area contributed by atoms with E-state index in [2.05, 4.69) is 46.4 Å². The zero-order valence-corrected chi connectivity index (χ0v) is 41.0. The smallest absolute Gasteiger partial charge is 0.274 e. The Labute approximate surface area is 426 Å². The van der Waals surface area contributed by atoms with Gasteiger partial charge in [-0.2, -0.15) is 10.2 Å². The average Bonchev–Trinajstić information content (AvgIpc) is 3.98. The molecular weight excluding hydrogens is 947 g/mol. The Morgan fingerprint density at radius 2 is 0.919 bits per heavy atom. The van der Waals surface area contributed by atoms with Crippen LogP contribution in [-0.4, -0.2) is 105 Å². The molecule has 0 saturated carbocycles. The van der Waals surface area contributed by atoms with E-state index >= 15 is 0 Å². The Morgan fingerprint density at radius 1 is 0.514 bits per heavy atom. The molecule has 24 heteroatoms. The summed E-state index contributed by atoms with van der Waals surface area (Å²) in [5.74, 6) is -4.19. The lowest BCUT2D eigenvalue weighted by Gasteiger charge is -2.19. The molecule has 6 aromatic rings. The van der Waals surface area contributed by atoms with E-state index < -0.39 is 47.7 Å². The summed E-state index contributed by atoms with van der Waals surface area (Å²) >= 11 is 0. The SMILES string of the molecule is NC(=O)[C@H](CCCN=C(N)N)NC(=O)c1nn(CCc2cccc3ccccc23)cc1NC(=O)[C@H](CCCN=C(N)N)NC(=O)c1nn(CCc2cccc3ccccc23)cc1NC(=O)[C@@H](N)CCCN=C(N)N. The van der Waals surface area contributed by atoms with Crippen LogP contribution in [0.15, 0.2) is 112 Å². The number of aliphatic imine (C=N–C) groups is 3. The van der Waals surface area contributed by atoms with Gasteiger partial charge in [0, 0.05) is 45.1 Å². The highest BCUT2D eigenvalue weighted by atomic mass is 16.2.